The maximum Gasteiger partial charge on any atom is 0.340 e. The van der Waals surface area contributed by atoms with Crippen LogP contribution in [0.1, 0.15) is 68.0 Å². The highest BCUT2D eigenvalue weighted by atomic mass is 35.5. The van der Waals surface area contributed by atoms with Gasteiger partial charge in [0.25, 0.3) is 0 Å². The van der Waals surface area contributed by atoms with Crippen LogP contribution in [0, 0.1) is 0 Å². The first-order valence-corrected chi connectivity index (χ1v) is 7.89. The molecule has 0 atom stereocenters. The molecule has 9 heteroatoms. The zero-order valence-corrected chi connectivity index (χ0v) is 15.8. The van der Waals surface area contributed by atoms with E-state index >= 15 is 0 Å². The largest absolute Gasteiger partial charge is 0.478 e. The molecule has 138 valence electrons. The number of nitrogens with zero attached hydrogens (tertiary/aromatic N) is 3. The van der Waals surface area contributed by atoms with Crippen molar-refractivity contribution in [3.8, 4) is 0 Å². The summed E-state index contributed by atoms with van der Waals surface area (Å²) < 4.78 is 1.48. The van der Waals surface area contributed by atoms with Gasteiger partial charge in [-0.1, -0.05) is 32.4 Å². The molecule has 2 aromatic rings. The Morgan fingerprint density at radius 1 is 1.04 bits per heavy atom. The first-order chi connectivity index (χ1) is 11.3. The number of carboxylic acids is 2. The average Bonchev–Trinajstić information content (AvgIpc) is 3.03. The van der Waals surface area contributed by atoms with Crippen molar-refractivity contribution < 1.29 is 19.8 Å². The smallest absolute Gasteiger partial charge is 0.340 e. The third-order valence-electron chi connectivity index (χ3n) is 3.20. The maximum absolute atomic E-state index is 10.7. The lowest BCUT2D eigenvalue weighted by Gasteiger charge is -2.20. The Labute approximate surface area is 150 Å². The predicted octanol–water partition coefficient (Wildman–Crippen LogP) is 3.40. The molecule has 2 rings (SSSR count). The molecule has 0 spiro atoms. The Kier molecular flexibility index (Phi) is 6.01. The number of aromatic amines is 1. The number of aromatic nitrogens is 4. The van der Waals surface area contributed by atoms with Crippen LogP contribution in [-0.4, -0.2) is 42.1 Å². The van der Waals surface area contributed by atoms with E-state index in [4.69, 9.17) is 21.8 Å². The van der Waals surface area contributed by atoms with E-state index in [1.807, 2.05) is 41.5 Å². The summed E-state index contributed by atoms with van der Waals surface area (Å²) in [6, 6.07) is 0. The van der Waals surface area contributed by atoms with Gasteiger partial charge in [0.2, 0.25) is 0 Å². The molecule has 0 bridgehead atoms. The minimum atomic E-state index is -1.06. The maximum atomic E-state index is 10.7. The van der Waals surface area contributed by atoms with Gasteiger partial charge in [-0.2, -0.15) is 10.2 Å². The van der Waals surface area contributed by atoms with E-state index in [2.05, 4.69) is 15.3 Å². The summed E-state index contributed by atoms with van der Waals surface area (Å²) in [4.78, 5) is 21.3. The molecule has 25 heavy (non-hydrogen) atoms. The molecule has 0 aliphatic rings. The summed E-state index contributed by atoms with van der Waals surface area (Å²) in [6.07, 6.45) is 2.60. The molecule has 2 heterocycles. The molecule has 0 amide bonds. The molecule has 0 aromatic carbocycles. The van der Waals surface area contributed by atoms with E-state index in [-0.39, 0.29) is 27.2 Å². The lowest BCUT2D eigenvalue weighted by Crippen LogP contribution is -2.23. The monoisotopic (exact) mass is 370 g/mol. The van der Waals surface area contributed by atoms with Gasteiger partial charge in [0.15, 0.2) is 0 Å². The summed E-state index contributed by atoms with van der Waals surface area (Å²) >= 11 is 5.82. The summed E-state index contributed by atoms with van der Waals surface area (Å²) in [6.45, 7) is 11.5. The van der Waals surface area contributed by atoms with Gasteiger partial charge in [-0.3, -0.25) is 5.10 Å². The average molecular weight is 371 g/mol. The molecule has 0 aliphatic heterocycles. The molecule has 0 saturated carbocycles. The number of hydrogen-bond acceptors (Lipinski definition) is 4. The number of halogens is 1. The zero-order chi connectivity index (χ0) is 19.6. The minimum absolute atomic E-state index is 0.0385. The van der Waals surface area contributed by atoms with Crippen LogP contribution in [0.2, 0.25) is 5.15 Å². The molecule has 2 aromatic heterocycles. The highest BCUT2D eigenvalue weighted by Gasteiger charge is 2.23. The molecule has 0 unspecified atom stereocenters. The lowest BCUT2D eigenvalue weighted by molar-refractivity contribution is 0.0684. The van der Waals surface area contributed by atoms with E-state index in [0.29, 0.717) is 5.69 Å². The van der Waals surface area contributed by atoms with E-state index in [1.54, 1.807) is 0 Å². The first kappa shape index (κ1) is 20.7. The van der Waals surface area contributed by atoms with Crippen LogP contribution in [-0.2, 0) is 11.0 Å². The van der Waals surface area contributed by atoms with Crippen molar-refractivity contribution in [1.82, 2.24) is 20.0 Å². The Hall–Kier alpha value is -2.35. The van der Waals surface area contributed by atoms with Crippen molar-refractivity contribution in [3.05, 3.63) is 34.4 Å². The van der Waals surface area contributed by atoms with Crippen molar-refractivity contribution in [3.63, 3.8) is 0 Å². The number of hydrogen-bond donors (Lipinski definition) is 3. The SMILES string of the molecule is CC(C)(C)c1[nH]ncc1C(=O)O.CC(C)(C)n1ncc(C(=O)O)c1Cl. The van der Waals surface area contributed by atoms with Gasteiger partial charge in [-0.05, 0) is 20.8 Å². The Morgan fingerprint density at radius 3 is 1.84 bits per heavy atom. The lowest BCUT2D eigenvalue weighted by atomic mass is 9.90. The number of carbonyl (C=O) groups is 2. The molecule has 0 fully saturated rings. The fraction of sp³-hybridized carbons (Fsp3) is 0.500. The predicted molar refractivity (Wildman–Crippen MR) is 93.4 cm³/mol. The third-order valence-corrected chi connectivity index (χ3v) is 3.56. The summed E-state index contributed by atoms with van der Waals surface area (Å²) in [7, 11) is 0. The molecule has 8 nitrogen and oxygen atoms in total. The number of H-pyrrole nitrogens is 1. The molecule has 0 aliphatic carbocycles. The van der Waals surface area contributed by atoms with Gasteiger partial charge in [0.05, 0.1) is 23.6 Å². The van der Waals surface area contributed by atoms with Crippen LogP contribution < -0.4 is 0 Å². The topological polar surface area (TPSA) is 121 Å². The second-order valence-corrected chi connectivity index (χ2v) is 7.81. The van der Waals surface area contributed by atoms with Crippen LogP contribution in [0.5, 0.6) is 0 Å². The van der Waals surface area contributed by atoms with Gasteiger partial charge in [-0.25, -0.2) is 14.3 Å². The van der Waals surface area contributed by atoms with E-state index < -0.39 is 11.9 Å². The highest BCUT2D eigenvalue weighted by Crippen LogP contribution is 2.23. The van der Waals surface area contributed by atoms with Crippen LogP contribution in [0.4, 0.5) is 0 Å². The normalized spacial score (nSPS) is 11.6. The van der Waals surface area contributed by atoms with Crippen molar-refractivity contribution in [2.24, 2.45) is 0 Å². The molecule has 3 N–H and O–H groups in total. The minimum Gasteiger partial charge on any atom is -0.478 e. The fourth-order valence-corrected chi connectivity index (χ4v) is 2.39. The summed E-state index contributed by atoms with van der Waals surface area (Å²) in [5.41, 5.74) is 0.448. The Bertz CT molecular complexity index is 766. The summed E-state index contributed by atoms with van der Waals surface area (Å²) in [5.74, 6) is -1.99. The second-order valence-electron chi connectivity index (χ2n) is 7.45. The molecular formula is C16H23ClN4O4. The van der Waals surface area contributed by atoms with Gasteiger partial charge in [0.1, 0.15) is 16.3 Å². The third kappa shape index (κ3) is 5.06. The van der Waals surface area contributed by atoms with Crippen LogP contribution in [0.3, 0.4) is 0 Å². The molecule has 0 radical (unpaired) electrons. The van der Waals surface area contributed by atoms with Crippen molar-refractivity contribution in [2.45, 2.75) is 52.5 Å². The van der Waals surface area contributed by atoms with Crippen molar-refractivity contribution in [2.75, 3.05) is 0 Å². The second kappa shape index (κ2) is 7.26. The standard InChI is InChI=1S/C8H11ClN2O2.C8H12N2O2/c1-8(2,3)11-6(9)5(4-10-11)7(12)13;1-8(2,3)6-5(7(11)12)4-9-10-6/h4H,1-3H3,(H,12,13);4H,1-3H3,(H,9,10)(H,11,12). The Morgan fingerprint density at radius 2 is 1.56 bits per heavy atom. The fourth-order valence-electron chi connectivity index (χ4n) is 1.96. The van der Waals surface area contributed by atoms with E-state index in [1.165, 1.54) is 17.1 Å². The van der Waals surface area contributed by atoms with Gasteiger partial charge in [-0.15, -0.1) is 0 Å². The highest BCUT2D eigenvalue weighted by molar-refractivity contribution is 6.32. The van der Waals surface area contributed by atoms with Crippen LogP contribution >= 0.6 is 11.6 Å². The number of carboxylic acid groups (broad SMARTS) is 2. The van der Waals surface area contributed by atoms with E-state index in [9.17, 15) is 9.59 Å². The van der Waals surface area contributed by atoms with Crippen LogP contribution in [0.25, 0.3) is 0 Å². The van der Waals surface area contributed by atoms with Gasteiger partial charge < -0.3 is 10.2 Å². The van der Waals surface area contributed by atoms with Crippen LogP contribution in [0.15, 0.2) is 12.4 Å². The zero-order valence-electron chi connectivity index (χ0n) is 15.1. The van der Waals surface area contributed by atoms with Gasteiger partial charge in [0, 0.05) is 5.41 Å². The van der Waals surface area contributed by atoms with E-state index in [0.717, 1.165) is 0 Å². The quantitative estimate of drug-likeness (QED) is 0.744. The first-order valence-electron chi connectivity index (χ1n) is 7.51. The number of aromatic carboxylic acids is 2. The van der Waals surface area contributed by atoms with Crippen molar-refractivity contribution in [1.29, 1.82) is 0 Å². The van der Waals surface area contributed by atoms with Crippen molar-refractivity contribution >= 4 is 23.5 Å². The Balaban J connectivity index is 0.000000251. The van der Waals surface area contributed by atoms with Gasteiger partial charge >= 0.3 is 11.9 Å². The number of nitrogens with one attached hydrogen (secondary N) is 1. The molecular weight excluding hydrogens is 348 g/mol. The number of rotatable bonds is 2. The molecule has 0 saturated heterocycles. The summed E-state index contributed by atoms with van der Waals surface area (Å²) in [5, 5.41) is 27.9.